The number of carboxylic acid groups (broad SMARTS) is 1. The van der Waals surface area contributed by atoms with Crippen LogP contribution in [-0.4, -0.2) is 23.0 Å². The minimum atomic E-state index is -0.881. The predicted octanol–water partition coefficient (Wildman–Crippen LogP) is 1.57. The van der Waals surface area contributed by atoms with Crippen LogP contribution in [0.5, 0.6) is 0 Å². The fourth-order valence-corrected chi connectivity index (χ4v) is 1.76. The zero-order chi connectivity index (χ0) is 12.1. The zero-order valence-corrected chi connectivity index (χ0v) is 9.77. The Morgan fingerprint density at radius 1 is 1.50 bits per heavy atom. The molecule has 4 heteroatoms. The van der Waals surface area contributed by atoms with Crippen molar-refractivity contribution in [2.45, 2.75) is 39.2 Å². The Kier molecular flexibility index (Phi) is 4.52. The van der Waals surface area contributed by atoms with E-state index in [4.69, 9.17) is 5.11 Å². The van der Waals surface area contributed by atoms with Crippen molar-refractivity contribution in [2.24, 2.45) is 11.8 Å². The van der Waals surface area contributed by atoms with E-state index >= 15 is 0 Å². The van der Waals surface area contributed by atoms with Gasteiger partial charge in [-0.15, -0.1) is 0 Å². The highest BCUT2D eigenvalue weighted by atomic mass is 16.4. The van der Waals surface area contributed by atoms with Crippen molar-refractivity contribution >= 4 is 11.9 Å². The van der Waals surface area contributed by atoms with Crippen LogP contribution < -0.4 is 5.32 Å². The number of carboxylic acids is 1. The van der Waals surface area contributed by atoms with Gasteiger partial charge >= 0.3 is 5.97 Å². The number of carbonyl (C=O) groups excluding carboxylic acids is 1. The van der Waals surface area contributed by atoms with E-state index in [2.05, 4.69) is 17.5 Å². The second kappa shape index (κ2) is 5.68. The summed E-state index contributed by atoms with van der Waals surface area (Å²) in [4.78, 5) is 22.3. The van der Waals surface area contributed by atoms with Gasteiger partial charge in [0.05, 0.1) is 5.92 Å². The molecule has 1 amide bonds. The Morgan fingerprint density at radius 3 is 2.69 bits per heavy atom. The van der Waals surface area contributed by atoms with Gasteiger partial charge in [0, 0.05) is 12.5 Å². The van der Waals surface area contributed by atoms with Crippen LogP contribution in [0.25, 0.3) is 0 Å². The van der Waals surface area contributed by atoms with E-state index in [0.717, 1.165) is 12.8 Å². The minimum absolute atomic E-state index is 0.0582. The standard InChI is InChI=1S/C12H19NO3/c1-8(12(15)16)9(2)13-11(14)7-10-5-3-4-6-10/h3,5,8-10H,4,6-7H2,1-2H3,(H,13,14)(H,15,16). The number of allylic oxidation sites excluding steroid dienone is 2. The third-order valence-corrected chi connectivity index (χ3v) is 3.09. The van der Waals surface area contributed by atoms with Gasteiger partial charge in [0.1, 0.15) is 0 Å². The lowest BCUT2D eigenvalue weighted by molar-refractivity contribution is -0.142. The van der Waals surface area contributed by atoms with Crippen LogP contribution in [0.3, 0.4) is 0 Å². The smallest absolute Gasteiger partial charge is 0.308 e. The minimum Gasteiger partial charge on any atom is -0.481 e. The van der Waals surface area contributed by atoms with Gasteiger partial charge in [-0.2, -0.15) is 0 Å². The number of hydrogen-bond donors (Lipinski definition) is 2. The van der Waals surface area contributed by atoms with Crippen molar-refractivity contribution in [1.82, 2.24) is 5.32 Å². The largest absolute Gasteiger partial charge is 0.481 e. The summed E-state index contributed by atoms with van der Waals surface area (Å²) < 4.78 is 0. The summed E-state index contributed by atoms with van der Waals surface area (Å²) in [7, 11) is 0. The quantitative estimate of drug-likeness (QED) is 0.698. The molecular formula is C12H19NO3. The third-order valence-electron chi connectivity index (χ3n) is 3.09. The van der Waals surface area contributed by atoms with Crippen LogP contribution >= 0.6 is 0 Å². The first kappa shape index (κ1) is 12.7. The molecule has 3 unspecified atom stereocenters. The molecule has 3 atom stereocenters. The Bertz CT molecular complexity index is 299. The molecule has 2 N–H and O–H groups in total. The third kappa shape index (κ3) is 3.68. The fourth-order valence-electron chi connectivity index (χ4n) is 1.76. The van der Waals surface area contributed by atoms with Crippen molar-refractivity contribution in [3.05, 3.63) is 12.2 Å². The van der Waals surface area contributed by atoms with E-state index < -0.39 is 11.9 Å². The fraction of sp³-hybridized carbons (Fsp3) is 0.667. The molecular weight excluding hydrogens is 206 g/mol. The first-order chi connectivity index (χ1) is 7.50. The normalized spacial score (nSPS) is 22.8. The van der Waals surface area contributed by atoms with Gasteiger partial charge in [0.2, 0.25) is 5.91 Å². The van der Waals surface area contributed by atoms with Crippen molar-refractivity contribution in [1.29, 1.82) is 0 Å². The van der Waals surface area contributed by atoms with E-state index in [1.165, 1.54) is 0 Å². The number of carbonyl (C=O) groups is 2. The van der Waals surface area contributed by atoms with Crippen molar-refractivity contribution in [3.8, 4) is 0 Å². The van der Waals surface area contributed by atoms with Crippen LogP contribution in [-0.2, 0) is 9.59 Å². The number of nitrogens with one attached hydrogen (secondary N) is 1. The molecule has 0 spiro atoms. The second-order valence-electron chi connectivity index (χ2n) is 4.45. The van der Waals surface area contributed by atoms with Gasteiger partial charge in [-0.05, 0) is 32.6 Å². The lowest BCUT2D eigenvalue weighted by atomic mass is 10.0. The molecule has 16 heavy (non-hydrogen) atoms. The van der Waals surface area contributed by atoms with E-state index in [9.17, 15) is 9.59 Å². The summed E-state index contributed by atoms with van der Waals surface area (Å²) in [6, 6.07) is -0.324. The lowest BCUT2D eigenvalue weighted by Gasteiger charge is -2.18. The number of hydrogen-bond acceptors (Lipinski definition) is 2. The van der Waals surface area contributed by atoms with Gasteiger partial charge in [-0.1, -0.05) is 12.2 Å². The monoisotopic (exact) mass is 225 g/mol. The molecule has 0 aromatic heterocycles. The number of amides is 1. The average molecular weight is 225 g/mol. The number of rotatable bonds is 5. The highest BCUT2D eigenvalue weighted by Gasteiger charge is 2.22. The summed E-state index contributed by atoms with van der Waals surface area (Å²) in [6.07, 6.45) is 6.68. The SMILES string of the molecule is CC(NC(=O)CC1C=CCC1)C(C)C(=O)O. The zero-order valence-electron chi connectivity index (χ0n) is 9.77. The maximum absolute atomic E-state index is 11.6. The van der Waals surface area contributed by atoms with Crippen LogP contribution in [0.1, 0.15) is 33.1 Å². The summed E-state index contributed by atoms with van der Waals surface area (Å²) >= 11 is 0. The lowest BCUT2D eigenvalue weighted by Crippen LogP contribution is -2.40. The molecule has 0 saturated carbocycles. The molecule has 4 nitrogen and oxygen atoms in total. The molecule has 0 bridgehead atoms. The molecule has 0 aliphatic heterocycles. The Hall–Kier alpha value is -1.32. The van der Waals surface area contributed by atoms with E-state index in [1.807, 2.05) is 0 Å². The van der Waals surface area contributed by atoms with Crippen molar-refractivity contribution in [3.63, 3.8) is 0 Å². The van der Waals surface area contributed by atoms with Gasteiger partial charge < -0.3 is 10.4 Å². The summed E-state index contributed by atoms with van der Waals surface area (Å²) in [5.74, 6) is -1.17. The Balaban J connectivity index is 2.33. The molecule has 1 aliphatic carbocycles. The molecule has 0 saturated heterocycles. The summed E-state index contributed by atoms with van der Waals surface area (Å²) in [5, 5.41) is 11.5. The van der Waals surface area contributed by atoms with Crippen LogP contribution in [0, 0.1) is 11.8 Å². The van der Waals surface area contributed by atoms with Crippen molar-refractivity contribution < 1.29 is 14.7 Å². The molecule has 0 radical (unpaired) electrons. The van der Waals surface area contributed by atoms with Crippen LogP contribution in [0.15, 0.2) is 12.2 Å². The highest BCUT2D eigenvalue weighted by molar-refractivity contribution is 5.78. The van der Waals surface area contributed by atoms with Gasteiger partial charge in [0.25, 0.3) is 0 Å². The highest BCUT2D eigenvalue weighted by Crippen LogP contribution is 2.20. The van der Waals surface area contributed by atoms with Gasteiger partial charge in [-0.25, -0.2) is 0 Å². The molecule has 0 aromatic carbocycles. The second-order valence-corrected chi connectivity index (χ2v) is 4.45. The van der Waals surface area contributed by atoms with E-state index in [1.54, 1.807) is 13.8 Å². The topological polar surface area (TPSA) is 66.4 Å². The molecule has 0 aromatic rings. The van der Waals surface area contributed by atoms with Gasteiger partial charge in [-0.3, -0.25) is 9.59 Å². The van der Waals surface area contributed by atoms with Crippen LogP contribution in [0.4, 0.5) is 0 Å². The summed E-state index contributed by atoms with van der Waals surface area (Å²) in [6.45, 7) is 3.32. The van der Waals surface area contributed by atoms with Crippen molar-refractivity contribution in [2.75, 3.05) is 0 Å². The number of aliphatic carboxylic acids is 1. The summed E-state index contributed by atoms with van der Waals surface area (Å²) in [5.41, 5.74) is 0. The molecule has 90 valence electrons. The van der Waals surface area contributed by atoms with E-state index in [0.29, 0.717) is 12.3 Å². The van der Waals surface area contributed by atoms with Crippen LogP contribution in [0.2, 0.25) is 0 Å². The molecule has 0 heterocycles. The first-order valence-corrected chi connectivity index (χ1v) is 5.69. The van der Waals surface area contributed by atoms with E-state index in [-0.39, 0.29) is 11.9 Å². The van der Waals surface area contributed by atoms with Gasteiger partial charge in [0.15, 0.2) is 0 Å². The Labute approximate surface area is 95.7 Å². The first-order valence-electron chi connectivity index (χ1n) is 5.69. The average Bonchev–Trinajstić information content (AvgIpc) is 2.68. The predicted molar refractivity (Wildman–Crippen MR) is 60.9 cm³/mol. The Morgan fingerprint density at radius 2 is 2.19 bits per heavy atom. The maximum atomic E-state index is 11.6. The maximum Gasteiger partial charge on any atom is 0.308 e. The molecule has 1 rings (SSSR count). The molecule has 0 fully saturated rings. The molecule has 1 aliphatic rings.